The number of halogens is 1. The molecule has 0 saturated carbocycles. The number of pyridine rings is 2. The molecule has 0 atom stereocenters. The molecule has 0 aliphatic carbocycles. The van der Waals surface area contributed by atoms with Crippen LogP contribution >= 0.6 is 0 Å². The van der Waals surface area contributed by atoms with Crippen LogP contribution in [-0.4, -0.2) is 32.6 Å². The lowest BCUT2D eigenvalue weighted by molar-refractivity contribution is 0.262. The third-order valence-electron chi connectivity index (χ3n) is 6.97. The van der Waals surface area contributed by atoms with Crippen LogP contribution in [0.3, 0.4) is 0 Å². The van der Waals surface area contributed by atoms with Gasteiger partial charge >= 0.3 is 6.03 Å². The topological polar surface area (TPSA) is 114 Å². The number of aromatic nitrogens is 4. The predicted octanol–water partition coefficient (Wildman–Crippen LogP) is 6.49. The fraction of sp³-hybridized carbons (Fsp3) is 0.219. The van der Waals surface area contributed by atoms with E-state index in [2.05, 4.69) is 25.9 Å². The summed E-state index contributed by atoms with van der Waals surface area (Å²) in [6, 6.07) is 15.1. The second kappa shape index (κ2) is 11.0. The third kappa shape index (κ3) is 5.56. The standard InChI is InChI=1S/C32H32FN7O2/c1-18-12-23(33)24(14-21(18)22-13-20-16-35-27(34-5)15-26(20)40(6)29(22)41)37-31(42)38-25-17-36-30(32(2,3)4)39-28(25)19-10-8-7-9-11-19/h7-17H,1-6H3,(H,34,35)(H2,37,38,42). The maximum absolute atomic E-state index is 15.1. The quantitative estimate of drug-likeness (QED) is 0.225. The van der Waals surface area contributed by atoms with Gasteiger partial charge in [0, 0.05) is 48.3 Å². The lowest BCUT2D eigenvalue weighted by Crippen LogP contribution is -2.23. The van der Waals surface area contributed by atoms with E-state index in [0.717, 1.165) is 10.9 Å². The van der Waals surface area contributed by atoms with Crippen molar-refractivity contribution >= 4 is 34.1 Å². The number of aryl methyl sites for hydroxylation is 2. The van der Waals surface area contributed by atoms with Gasteiger partial charge < -0.3 is 20.5 Å². The fourth-order valence-corrected chi connectivity index (χ4v) is 4.68. The van der Waals surface area contributed by atoms with Gasteiger partial charge in [-0.2, -0.15) is 0 Å². The Balaban J connectivity index is 1.49. The molecule has 5 aromatic rings. The number of benzene rings is 2. The number of nitrogens with zero attached hydrogens (tertiary/aromatic N) is 4. The van der Waals surface area contributed by atoms with Gasteiger partial charge in [0.25, 0.3) is 5.56 Å². The summed E-state index contributed by atoms with van der Waals surface area (Å²) in [5, 5.41) is 9.08. The number of carbonyl (C=O) groups excluding carboxylic acids is 1. The molecule has 3 aromatic heterocycles. The summed E-state index contributed by atoms with van der Waals surface area (Å²) >= 11 is 0. The molecule has 0 radical (unpaired) electrons. The highest BCUT2D eigenvalue weighted by Gasteiger charge is 2.21. The highest BCUT2D eigenvalue weighted by atomic mass is 19.1. The van der Waals surface area contributed by atoms with E-state index in [9.17, 15) is 9.59 Å². The van der Waals surface area contributed by atoms with Gasteiger partial charge in [-0.15, -0.1) is 0 Å². The number of nitrogens with one attached hydrogen (secondary N) is 3. The molecule has 0 saturated heterocycles. The van der Waals surface area contributed by atoms with E-state index in [1.54, 1.807) is 45.5 Å². The first-order valence-electron chi connectivity index (χ1n) is 13.4. The van der Waals surface area contributed by atoms with E-state index in [1.807, 2.05) is 51.1 Å². The average molecular weight is 566 g/mol. The highest BCUT2D eigenvalue weighted by molar-refractivity contribution is 6.02. The summed E-state index contributed by atoms with van der Waals surface area (Å²) in [6.07, 6.45) is 3.23. The van der Waals surface area contributed by atoms with E-state index in [1.165, 1.54) is 16.7 Å². The maximum Gasteiger partial charge on any atom is 0.323 e. The van der Waals surface area contributed by atoms with Crippen LogP contribution in [-0.2, 0) is 12.5 Å². The summed E-state index contributed by atoms with van der Waals surface area (Å²) in [4.78, 5) is 40.1. The smallest absolute Gasteiger partial charge is 0.323 e. The van der Waals surface area contributed by atoms with Gasteiger partial charge in [-0.1, -0.05) is 51.1 Å². The van der Waals surface area contributed by atoms with Crippen LogP contribution in [0.1, 0.15) is 32.2 Å². The molecule has 214 valence electrons. The van der Waals surface area contributed by atoms with Crippen LogP contribution in [0.2, 0.25) is 0 Å². The lowest BCUT2D eigenvalue weighted by atomic mass is 9.95. The molecule has 0 aliphatic rings. The van der Waals surface area contributed by atoms with Crippen molar-refractivity contribution in [3.63, 3.8) is 0 Å². The zero-order valence-corrected chi connectivity index (χ0v) is 24.3. The molecule has 3 N–H and O–H groups in total. The minimum atomic E-state index is -0.678. The molecule has 42 heavy (non-hydrogen) atoms. The van der Waals surface area contributed by atoms with E-state index < -0.39 is 11.8 Å². The van der Waals surface area contributed by atoms with Crippen molar-refractivity contribution in [2.24, 2.45) is 7.05 Å². The molecule has 0 fully saturated rings. The number of hydrogen-bond acceptors (Lipinski definition) is 6. The zero-order valence-electron chi connectivity index (χ0n) is 24.3. The molecule has 2 aromatic carbocycles. The second-order valence-electron chi connectivity index (χ2n) is 11.1. The number of urea groups is 1. The zero-order chi connectivity index (χ0) is 30.2. The Bertz CT molecular complexity index is 1880. The Morgan fingerprint density at radius 3 is 2.33 bits per heavy atom. The molecule has 0 aliphatic heterocycles. The van der Waals surface area contributed by atoms with Crippen molar-refractivity contribution < 1.29 is 9.18 Å². The minimum Gasteiger partial charge on any atom is -0.373 e. The molecule has 10 heteroatoms. The van der Waals surface area contributed by atoms with E-state index in [4.69, 9.17) is 4.98 Å². The number of rotatable bonds is 5. The van der Waals surface area contributed by atoms with Gasteiger partial charge in [-0.05, 0) is 36.2 Å². The van der Waals surface area contributed by atoms with Crippen LogP contribution in [0.25, 0.3) is 33.3 Å². The third-order valence-corrected chi connectivity index (χ3v) is 6.97. The van der Waals surface area contributed by atoms with Crippen LogP contribution in [0.4, 0.5) is 26.4 Å². The molecule has 9 nitrogen and oxygen atoms in total. The number of hydrogen-bond donors (Lipinski definition) is 3. The van der Waals surface area contributed by atoms with E-state index in [0.29, 0.717) is 45.2 Å². The summed E-state index contributed by atoms with van der Waals surface area (Å²) in [5.41, 5.74) is 3.18. The van der Waals surface area contributed by atoms with Gasteiger partial charge in [0.15, 0.2) is 0 Å². The number of amides is 2. The Kier molecular flexibility index (Phi) is 7.47. The van der Waals surface area contributed by atoms with Crippen LogP contribution in [0, 0.1) is 12.7 Å². The first-order valence-corrected chi connectivity index (χ1v) is 13.4. The molecule has 0 spiro atoms. The molecule has 0 bridgehead atoms. The van der Waals surface area contributed by atoms with Gasteiger partial charge in [-0.3, -0.25) is 4.79 Å². The molecular formula is C32H32FN7O2. The van der Waals surface area contributed by atoms with Crippen LogP contribution in [0.15, 0.2) is 71.8 Å². The fourth-order valence-electron chi connectivity index (χ4n) is 4.68. The van der Waals surface area contributed by atoms with Crippen LogP contribution < -0.4 is 21.5 Å². The number of anilines is 3. The number of carbonyl (C=O) groups is 1. The van der Waals surface area contributed by atoms with Gasteiger partial charge in [0.1, 0.15) is 17.5 Å². The molecule has 5 rings (SSSR count). The molecule has 3 heterocycles. The van der Waals surface area contributed by atoms with Crippen LogP contribution in [0.5, 0.6) is 0 Å². The highest BCUT2D eigenvalue weighted by Crippen LogP contribution is 2.31. The van der Waals surface area contributed by atoms with E-state index in [-0.39, 0.29) is 16.7 Å². The van der Waals surface area contributed by atoms with Crippen molar-refractivity contribution in [1.82, 2.24) is 19.5 Å². The lowest BCUT2D eigenvalue weighted by Gasteiger charge is -2.19. The summed E-state index contributed by atoms with van der Waals surface area (Å²) in [7, 11) is 3.43. The monoisotopic (exact) mass is 565 g/mol. The van der Waals surface area contributed by atoms with Crippen molar-refractivity contribution in [1.29, 1.82) is 0 Å². The number of fused-ring (bicyclic) bond motifs is 1. The normalized spacial score (nSPS) is 11.4. The Morgan fingerprint density at radius 1 is 0.929 bits per heavy atom. The SMILES string of the molecule is CNc1cc2c(cn1)cc(-c1cc(NC(=O)Nc3cnc(C(C)(C)C)nc3-c3ccccc3)c(F)cc1C)c(=O)n2C. The Hall–Kier alpha value is -5.12. The Morgan fingerprint density at radius 2 is 1.64 bits per heavy atom. The van der Waals surface area contributed by atoms with Crippen molar-refractivity contribution in [2.75, 3.05) is 23.0 Å². The molecule has 2 amide bonds. The summed E-state index contributed by atoms with van der Waals surface area (Å²) in [6.45, 7) is 7.74. The first kappa shape index (κ1) is 28.4. The predicted molar refractivity (Wildman–Crippen MR) is 165 cm³/mol. The summed E-state index contributed by atoms with van der Waals surface area (Å²) < 4.78 is 16.7. The van der Waals surface area contributed by atoms with Gasteiger partial charge in [-0.25, -0.2) is 24.1 Å². The maximum atomic E-state index is 15.1. The van der Waals surface area contributed by atoms with Crippen molar-refractivity contribution in [2.45, 2.75) is 33.1 Å². The average Bonchev–Trinajstić information content (AvgIpc) is 2.96. The van der Waals surface area contributed by atoms with E-state index >= 15 is 4.39 Å². The first-order chi connectivity index (χ1) is 20.0. The van der Waals surface area contributed by atoms with Gasteiger partial charge in [0.2, 0.25) is 0 Å². The van der Waals surface area contributed by atoms with Crippen molar-refractivity contribution in [3.05, 3.63) is 94.5 Å². The van der Waals surface area contributed by atoms with Gasteiger partial charge in [0.05, 0.1) is 28.8 Å². The minimum absolute atomic E-state index is 0.0765. The molecular weight excluding hydrogens is 533 g/mol. The molecule has 0 unspecified atom stereocenters. The second-order valence-corrected chi connectivity index (χ2v) is 11.1. The van der Waals surface area contributed by atoms with Crippen molar-refractivity contribution in [3.8, 4) is 22.4 Å². The Labute approximate surface area is 242 Å². The summed E-state index contributed by atoms with van der Waals surface area (Å²) in [5.74, 6) is 0.623. The largest absolute Gasteiger partial charge is 0.373 e.